The lowest BCUT2D eigenvalue weighted by Crippen LogP contribution is -2.47. The molecule has 1 aliphatic carbocycles. The topological polar surface area (TPSA) is 55.8 Å². The number of carbonyl (C=O) groups excluding carboxylic acids is 2. The minimum Gasteiger partial charge on any atom is -0.464 e. The number of ether oxygens (including phenoxy) is 2. The van der Waals surface area contributed by atoms with Crippen molar-refractivity contribution in [3.8, 4) is 0 Å². The lowest BCUT2D eigenvalue weighted by Gasteiger charge is -2.38. The molecule has 32 heavy (non-hydrogen) atoms. The molecule has 188 valence electrons. The van der Waals surface area contributed by atoms with Gasteiger partial charge in [-0.25, -0.2) is 9.59 Å². The number of unbranched alkanes of at least 4 members (excludes halogenated alkanes) is 6. The van der Waals surface area contributed by atoms with Crippen LogP contribution < -0.4 is 0 Å². The van der Waals surface area contributed by atoms with Crippen LogP contribution in [-0.4, -0.2) is 42.8 Å². The molecule has 1 aliphatic rings. The predicted molar refractivity (Wildman–Crippen MR) is 132 cm³/mol. The molecule has 0 heterocycles. The lowest BCUT2D eigenvalue weighted by atomic mass is 9.75. The van der Waals surface area contributed by atoms with Gasteiger partial charge in [0, 0.05) is 7.05 Å². The molecule has 0 radical (unpaired) electrons. The van der Waals surface area contributed by atoms with Crippen molar-refractivity contribution in [2.75, 3.05) is 13.7 Å². The van der Waals surface area contributed by atoms with Gasteiger partial charge in [0.25, 0.3) is 0 Å². The largest absolute Gasteiger partial charge is 0.464 e. The molecule has 0 aromatic rings. The van der Waals surface area contributed by atoms with Crippen molar-refractivity contribution in [3.05, 3.63) is 0 Å². The fourth-order valence-corrected chi connectivity index (χ4v) is 4.78. The standard InChI is InChI=1S/C27H51NO4/c1-8-9-10-11-12-13-14-17-31-26(29)24(18-20(2)3)28(7)27(30)32-25-19-22(6)15-16-23(25)21(4)5/h20-25H,8-19H2,1-7H3. The summed E-state index contributed by atoms with van der Waals surface area (Å²) in [4.78, 5) is 27.3. The van der Waals surface area contributed by atoms with E-state index in [9.17, 15) is 9.59 Å². The molecule has 1 saturated carbocycles. The summed E-state index contributed by atoms with van der Waals surface area (Å²) in [5.74, 6) is 1.40. The molecule has 1 amide bonds. The highest BCUT2D eigenvalue weighted by Crippen LogP contribution is 2.35. The SMILES string of the molecule is CCCCCCCCCOC(=O)C(CC(C)C)N(C)C(=O)OC1CC(C)CCC1C(C)C. The molecule has 1 rings (SSSR count). The average molecular weight is 454 g/mol. The second-order valence-corrected chi connectivity index (χ2v) is 10.8. The Kier molecular flexibility index (Phi) is 14.0. The van der Waals surface area contributed by atoms with Crippen molar-refractivity contribution < 1.29 is 19.1 Å². The third kappa shape index (κ3) is 10.6. The maximum Gasteiger partial charge on any atom is 0.410 e. The van der Waals surface area contributed by atoms with E-state index >= 15 is 0 Å². The summed E-state index contributed by atoms with van der Waals surface area (Å²) < 4.78 is 11.6. The zero-order valence-corrected chi connectivity index (χ0v) is 22.0. The maximum atomic E-state index is 13.0. The molecule has 0 bridgehead atoms. The van der Waals surface area contributed by atoms with Crippen LogP contribution in [-0.2, 0) is 14.3 Å². The molecule has 0 N–H and O–H groups in total. The molecule has 0 spiro atoms. The first kappa shape index (κ1) is 28.8. The van der Waals surface area contributed by atoms with Gasteiger partial charge in [0.1, 0.15) is 12.1 Å². The third-order valence-electron chi connectivity index (χ3n) is 6.93. The summed E-state index contributed by atoms with van der Waals surface area (Å²) in [6, 6.07) is -0.592. The number of amides is 1. The van der Waals surface area contributed by atoms with Crippen LogP contribution in [0, 0.1) is 23.7 Å². The second-order valence-electron chi connectivity index (χ2n) is 10.8. The monoisotopic (exact) mass is 453 g/mol. The van der Waals surface area contributed by atoms with Gasteiger partial charge in [0.05, 0.1) is 6.61 Å². The summed E-state index contributed by atoms with van der Waals surface area (Å²) in [6.45, 7) is 13.4. The van der Waals surface area contributed by atoms with Crippen molar-refractivity contribution in [2.24, 2.45) is 23.7 Å². The maximum absolute atomic E-state index is 13.0. The van der Waals surface area contributed by atoms with Crippen LogP contribution in [0.4, 0.5) is 4.79 Å². The van der Waals surface area contributed by atoms with Gasteiger partial charge in [-0.05, 0) is 49.4 Å². The Balaban J connectivity index is 2.58. The van der Waals surface area contributed by atoms with E-state index in [0.717, 1.165) is 25.7 Å². The molecule has 0 aliphatic heterocycles. The fraction of sp³-hybridized carbons (Fsp3) is 0.926. The Hall–Kier alpha value is -1.26. The number of rotatable bonds is 14. The van der Waals surface area contributed by atoms with Gasteiger partial charge in [-0.2, -0.15) is 0 Å². The van der Waals surface area contributed by atoms with Crippen LogP contribution in [0.25, 0.3) is 0 Å². The first-order valence-electron chi connectivity index (χ1n) is 13.3. The number of esters is 1. The molecule has 0 aromatic carbocycles. The molecule has 5 nitrogen and oxygen atoms in total. The second kappa shape index (κ2) is 15.6. The summed E-state index contributed by atoms with van der Waals surface area (Å²) in [6.07, 6.45) is 11.5. The van der Waals surface area contributed by atoms with Gasteiger partial charge in [0.15, 0.2) is 0 Å². The van der Waals surface area contributed by atoms with E-state index in [1.54, 1.807) is 7.05 Å². The first-order chi connectivity index (χ1) is 15.2. The highest BCUT2D eigenvalue weighted by atomic mass is 16.6. The van der Waals surface area contributed by atoms with Crippen molar-refractivity contribution in [2.45, 2.75) is 124 Å². The molecule has 0 saturated heterocycles. The highest BCUT2D eigenvalue weighted by molar-refractivity contribution is 5.81. The molecule has 4 atom stereocenters. The highest BCUT2D eigenvalue weighted by Gasteiger charge is 2.36. The summed E-state index contributed by atoms with van der Waals surface area (Å²) in [5, 5.41) is 0. The van der Waals surface area contributed by atoms with Crippen LogP contribution in [0.5, 0.6) is 0 Å². The van der Waals surface area contributed by atoms with Crippen LogP contribution in [0.15, 0.2) is 0 Å². The van der Waals surface area contributed by atoms with Gasteiger partial charge in [-0.1, -0.05) is 86.5 Å². The van der Waals surface area contributed by atoms with Crippen LogP contribution in [0.3, 0.4) is 0 Å². The van der Waals surface area contributed by atoms with Gasteiger partial charge >= 0.3 is 12.1 Å². The zero-order valence-electron chi connectivity index (χ0n) is 22.0. The number of hydrogen-bond donors (Lipinski definition) is 0. The zero-order chi connectivity index (χ0) is 24.1. The van der Waals surface area contributed by atoms with E-state index in [4.69, 9.17) is 9.47 Å². The smallest absolute Gasteiger partial charge is 0.410 e. The van der Waals surface area contributed by atoms with Gasteiger partial charge in [0.2, 0.25) is 0 Å². The van der Waals surface area contributed by atoms with Crippen LogP contribution in [0.1, 0.15) is 112 Å². The molecule has 4 unspecified atom stereocenters. The molecule has 0 aromatic heterocycles. The summed E-state index contributed by atoms with van der Waals surface area (Å²) >= 11 is 0. The quantitative estimate of drug-likeness (QED) is 0.206. The normalized spacial score (nSPS) is 22.1. The third-order valence-corrected chi connectivity index (χ3v) is 6.93. The Labute approximate surface area is 198 Å². The van der Waals surface area contributed by atoms with E-state index in [0.29, 0.717) is 30.8 Å². The number of carbonyl (C=O) groups is 2. The number of hydrogen-bond acceptors (Lipinski definition) is 4. The van der Waals surface area contributed by atoms with E-state index in [1.165, 1.54) is 43.4 Å². The Bertz CT molecular complexity index is 534. The fourth-order valence-electron chi connectivity index (χ4n) is 4.78. The van der Waals surface area contributed by atoms with Gasteiger partial charge in [-0.15, -0.1) is 0 Å². The van der Waals surface area contributed by atoms with Crippen molar-refractivity contribution >= 4 is 12.1 Å². The van der Waals surface area contributed by atoms with E-state index in [-0.39, 0.29) is 18.0 Å². The molecule has 5 heteroatoms. The Morgan fingerprint density at radius 2 is 1.59 bits per heavy atom. The molecular weight excluding hydrogens is 402 g/mol. The van der Waals surface area contributed by atoms with Crippen molar-refractivity contribution in [3.63, 3.8) is 0 Å². The van der Waals surface area contributed by atoms with Gasteiger partial charge < -0.3 is 9.47 Å². The van der Waals surface area contributed by atoms with Crippen molar-refractivity contribution in [1.82, 2.24) is 4.90 Å². The Morgan fingerprint density at radius 3 is 2.19 bits per heavy atom. The minimum absolute atomic E-state index is 0.0721. The van der Waals surface area contributed by atoms with Gasteiger partial charge in [-0.3, -0.25) is 4.90 Å². The minimum atomic E-state index is -0.592. The van der Waals surface area contributed by atoms with Crippen LogP contribution >= 0.6 is 0 Å². The lowest BCUT2D eigenvalue weighted by molar-refractivity contribution is -0.150. The van der Waals surface area contributed by atoms with Crippen LogP contribution in [0.2, 0.25) is 0 Å². The summed E-state index contributed by atoms with van der Waals surface area (Å²) in [5.41, 5.74) is 0. The Morgan fingerprint density at radius 1 is 0.969 bits per heavy atom. The average Bonchev–Trinajstić information content (AvgIpc) is 2.72. The van der Waals surface area contributed by atoms with E-state index in [2.05, 4.69) is 41.5 Å². The predicted octanol–water partition coefficient (Wildman–Crippen LogP) is 7.22. The first-order valence-corrected chi connectivity index (χ1v) is 13.3. The molecular formula is C27H51NO4. The van der Waals surface area contributed by atoms with Crippen molar-refractivity contribution in [1.29, 1.82) is 0 Å². The summed E-state index contributed by atoms with van der Waals surface area (Å²) in [7, 11) is 1.68. The number of nitrogens with zero attached hydrogens (tertiary/aromatic N) is 1. The van der Waals surface area contributed by atoms with E-state index in [1.807, 2.05) is 0 Å². The van der Waals surface area contributed by atoms with E-state index < -0.39 is 12.1 Å². The number of likely N-dealkylation sites (N-methyl/N-ethyl adjacent to an activating group) is 1. The molecule has 1 fully saturated rings.